The molecular weight excluding hydrogens is 258 g/mol. The maximum Gasteiger partial charge on any atom is 0.0798 e. The van der Waals surface area contributed by atoms with Crippen LogP contribution in [0.5, 0.6) is 0 Å². The minimum atomic E-state index is 0.281. The van der Waals surface area contributed by atoms with E-state index in [9.17, 15) is 0 Å². The average Bonchev–Trinajstić information content (AvgIpc) is 3.01. The fourth-order valence-electron chi connectivity index (χ4n) is 2.33. The van der Waals surface area contributed by atoms with E-state index in [1.54, 1.807) is 0 Å². The molecule has 0 spiro atoms. The van der Waals surface area contributed by atoms with Crippen molar-refractivity contribution in [2.45, 2.75) is 38.6 Å². The zero-order valence-corrected chi connectivity index (χ0v) is 12.6. The molecule has 0 aliphatic carbocycles. The lowest BCUT2D eigenvalue weighted by molar-refractivity contribution is 0.475. The molecule has 3 heteroatoms. The lowest BCUT2D eigenvalue weighted by Gasteiger charge is -2.15. The van der Waals surface area contributed by atoms with Crippen molar-refractivity contribution in [1.29, 1.82) is 0 Å². The summed E-state index contributed by atoms with van der Waals surface area (Å²) in [6.45, 7) is 3.17. The Balaban J connectivity index is 2.09. The Morgan fingerprint density at radius 3 is 2.81 bits per heavy atom. The molecule has 0 fully saturated rings. The van der Waals surface area contributed by atoms with Gasteiger partial charge in [-0.3, -0.25) is 0 Å². The molecule has 1 N–H and O–H groups in total. The van der Waals surface area contributed by atoms with Crippen molar-refractivity contribution in [3.8, 4) is 18.0 Å². The smallest absolute Gasteiger partial charge is 0.0798 e. The van der Waals surface area contributed by atoms with Crippen molar-refractivity contribution in [2.24, 2.45) is 0 Å². The first-order valence-electron chi connectivity index (χ1n) is 7.63. The van der Waals surface area contributed by atoms with Crippen LogP contribution in [0.15, 0.2) is 42.6 Å². The van der Waals surface area contributed by atoms with Crippen molar-refractivity contribution in [1.82, 2.24) is 15.1 Å². The number of rotatable bonds is 8. The first-order valence-corrected chi connectivity index (χ1v) is 7.63. The van der Waals surface area contributed by atoms with Crippen LogP contribution >= 0.6 is 0 Å². The van der Waals surface area contributed by atoms with Gasteiger partial charge in [0.1, 0.15) is 0 Å². The van der Waals surface area contributed by atoms with Gasteiger partial charge < -0.3 is 5.32 Å². The number of benzene rings is 1. The van der Waals surface area contributed by atoms with Gasteiger partial charge in [0, 0.05) is 12.6 Å². The quantitative estimate of drug-likeness (QED) is 0.590. The van der Waals surface area contributed by atoms with Crippen LogP contribution in [0.25, 0.3) is 5.69 Å². The number of nitrogens with zero attached hydrogens (tertiary/aromatic N) is 2. The van der Waals surface area contributed by atoms with Crippen molar-refractivity contribution >= 4 is 0 Å². The van der Waals surface area contributed by atoms with Gasteiger partial charge in [-0.2, -0.15) is 5.10 Å². The van der Waals surface area contributed by atoms with Gasteiger partial charge in [0.15, 0.2) is 0 Å². The standard InChI is InChI=1S/C18H23N3/c1-3-5-7-12-17(19-14-4-2)18-13-15-21(20-18)16-10-8-6-9-11-16/h1,6,8-11,13,15,17,19H,4-5,7,12,14H2,2H3. The van der Waals surface area contributed by atoms with Gasteiger partial charge in [-0.1, -0.05) is 25.1 Å². The first kappa shape index (κ1) is 15.3. The molecule has 0 amide bonds. The summed E-state index contributed by atoms with van der Waals surface area (Å²) in [7, 11) is 0. The molecule has 0 radical (unpaired) electrons. The molecule has 0 saturated heterocycles. The van der Waals surface area contributed by atoms with E-state index in [-0.39, 0.29) is 6.04 Å². The lowest BCUT2D eigenvalue weighted by Crippen LogP contribution is -2.22. The summed E-state index contributed by atoms with van der Waals surface area (Å²) in [5.41, 5.74) is 2.17. The maximum absolute atomic E-state index is 5.34. The molecule has 0 saturated carbocycles. The second kappa shape index (κ2) is 8.28. The second-order valence-corrected chi connectivity index (χ2v) is 5.12. The lowest BCUT2D eigenvalue weighted by atomic mass is 10.1. The molecule has 0 bridgehead atoms. The number of terminal acetylenes is 1. The van der Waals surface area contributed by atoms with Gasteiger partial charge >= 0.3 is 0 Å². The van der Waals surface area contributed by atoms with Crippen molar-refractivity contribution in [2.75, 3.05) is 6.54 Å². The highest BCUT2D eigenvalue weighted by Crippen LogP contribution is 2.19. The van der Waals surface area contributed by atoms with E-state index in [4.69, 9.17) is 11.5 Å². The molecule has 1 unspecified atom stereocenters. The fourth-order valence-corrected chi connectivity index (χ4v) is 2.33. The molecule has 2 rings (SSSR count). The van der Waals surface area contributed by atoms with Crippen LogP contribution in [0.1, 0.15) is 44.3 Å². The van der Waals surface area contributed by atoms with Crippen LogP contribution in [0.4, 0.5) is 0 Å². The normalized spacial score (nSPS) is 12.0. The third kappa shape index (κ3) is 4.47. The molecule has 1 aromatic heterocycles. The number of nitrogens with one attached hydrogen (secondary N) is 1. The minimum absolute atomic E-state index is 0.281. The van der Waals surface area contributed by atoms with Crippen LogP contribution in [-0.2, 0) is 0 Å². The van der Waals surface area contributed by atoms with Crippen molar-refractivity contribution in [3.05, 3.63) is 48.3 Å². The topological polar surface area (TPSA) is 29.9 Å². The predicted molar refractivity (Wildman–Crippen MR) is 87.3 cm³/mol. The summed E-state index contributed by atoms with van der Waals surface area (Å²) < 4.78 is 1.93. The molecule has 1 atom stereocenters. The highest BCUT2D eigenvalue weighted by Gasteiger charge is 2.13. The molecule has 110 valence electrons. The Hall–Kier alpha value is -2.05. The average molecular weight is 281 g/mol. The third-order valence-electron chi connectivity index (χ3n) is 3.44. The van der Waals surface area contributed by atoms with Crippen LogP contribution in [0, 0.1) is 12.3 Å². The Labute approximate surface area is 127 Å². The zero-order chi connectivity index (χ0) is 14.9. The number of hydrogen-bond acceptors (Lipinski definition) is 2. The van der Waals surface area contributed by atoms with Crippen LogP contribution < -0.4 is 5.32 Å². The number of unbranched alkanes of at least 4 members (excludes halogenated alkanes) is 1. The summed E-state index contributed by atoms with van der Waals surface area (Å²) >= 11 is 0. The Morgan fingerprint density at radius 1 is 1.29 bits per heavy atom. The van der Waals surface area contributed by atoms with Gasteiger partial charge in [0.25, 0.3) is 0 Å². The van der Waals surface area contributed by atoms with Crippen LogP contribution in [-0.4, -0.2) is 16.3 Å². The van der Waals surface area contributed by atoms with Gasteiger partial charge in [-0.25, -0.2) is 4.68 Å². The molecule has 1 aromatic carbocycles. The van der Waals surface area contributed by atoms with Crippen molar-refractivity contribution < 1.29 is 0 Å². The van der Waals surface area contributed by atoms with Gasteiger partial charge in [0.05, 0.1) is 17.4 Å². The van der Waals surface area contributed by atoms with Crippen molar-refractivity contribution in [3.63, 3.8) is 0 Å². The van der Waals surface area contributed by atoms with Gasteiger partial charge in [-0.15, -0.1) is 12.3 Å². The Morgan fingerprint density at radius 2 is 2.10 bits per heavy atom. The molecule has 0 aliphatic heterocycles. The summed E-state index contributed by atoms with van der Waals surface area (Å²) in [6.07, 6.45) is 11.4. The first-order chi connectivity index (χ1) is 10.3. The van der Waals surface area contributed by atoms with Gasteiger partial charge in [0.2, 0.25) is 0 Å². The predicted octanol–water partition coefficient (Wildman–Crippen LogP) is 3.72. The molecule has 0 aliphatic rings. The Kier molecular flexibility index (Phi) is 6.05. The van der Waals surface area contributed by atoms with Gasteiger partial charge in [-0.05, 0) is 44.0 Å². The zero-order valence-electron chi connectivity index (χ0n) is 12.6. The Bertz CT molecular complexity index is 566. The number of aromatic nitrogens is 2. The monoisotopic (exact) mass is 281 g/mol. The summed E-state index contributed by atoms with van der Waals surface area (Å²) in [4.78, 5) is 0. The highest BCUT2D eigenvalue weighted by molar-refractivity contribution is 5.30. The van der Waals surface area contributed by atoms with Crippen LogP contribution in [0.2, 0.25) is 0 Å². The molecule has 3 nitrogen and oxygen atoms in total. The highest BCUT2D eigenvalue weighted by atomic mass is 15.3. The SMILES string of the molecule is C#CCCCC(NCCC)c1ccn(-c2ccccc2)n1. The summed E-state index contributed by atoms with van der Waals surface area (Å²) in [5.74, 6) is 2.71. The largest absolute Gasteiger partial charge is 0.309 e. The summed E-state index contributed by atoms with van der Waals surface area (Å²) in [6, 6.07) is 12.6. The van der Waals surface area contributed by atoms with E-state index in [1.165, 1.54) is 0 Å². The van der Waals surface area contributed by atoms with Crippen LogP contribution in [0.3, 0.4) is 0 Å². The van der Waals surface area contributed by atoms with E-state index < -0.39 is 0 Å². The maximum atomic E-state index is 5.34. The molecule has 1 heterocycles. The van der Waals surface area contributed by atoms with E-state index in [0.29, 0.717) is 0 Å². The molecule has 2 aromatic rings. The van der Waals surface area contributed by atoms with E-state index in [2.05, 4.69) is 36.4 Å². The van der Waals surface area contributed by atoms with E-state index in [1.807, 2.05) is 29.1 Å². The van der Waals surface area contributed by atoms with E-state index in [0.717, 1.165) is 43.6 Å². The summed E-state index contributed by atoms with van der Waals surface area (Å²) in [5, 5.41) is 8.28. The van der Waals surface area contributed by atoms with E-state index >= 15 is 0 Å². The molecule has 21 heavy (non-hydrogen) atoms. The fraction of sp³-hybridized carbons (Fsp3) is 0.389. The second-order valence-electron chi connectivity index (χ2n) is 5.12. The minimum Gasteiger partial charge on any atom is -0.309 e. The molecular formula is C18H23N3. The number of hydrogen-bond donors (Lipinski definition) is 1. The third-order valence-corrected chi connectivity index (χ3v) is 3.44. The number of para-hydroxylation sites is 1.